The molecule has 21 heavy (non-hydrogen) atoms. The Labute approximate surface area is 123 Å². The van der Waals surface area contributed by atoms with Gasteiger partial charge in [-0.25, -0.2) is 0 Å². The smallest absolute Gasteiger partial charge is 0.269 e. The molecule has 3 N–H and O–H groups in total. The van der Waals surface area contributed by atoms with Crippen molar-refractivity contribution >= 4 is 23.2 Å². The van der Waals surface area contributed by atoms with Crippen molar-refractivity contribution in [2.75, 3.05) is 10.7 Å². The van der Waals surface area contributed by atoms with Crippen LogP contribution in [0.1, 0.15) is 23.7 Å². The minimum atomic E-state index is -0.243. The summed E-state index contributed by atoms with van der Waals surface area (Å²) in [6.07, 6.45) is 0.420. The van der Waals surface area contributed by atoms with E-state index in [9.17, 15) is 9.59 Å². The van der Waals surface area contributed by atoms with Crippen LogP contribution in [-0.4, -0.2) is 11.8 Å². The van der Waals surface area contributed by atoms with Crippen molar-refractivity contribution in [1.29, 1.82) is 0 Å². The van der Waals surface area contributed by atoms with E-state index in [4.69, 9.17) is 0 Å². The van der Waals surface area contributed by atoms with Crippen LogP contribution >= 0.6 is 0 Å². The molecular formula is C16H17N3O2. The molecule has 0 aliphatic carbocycles. The first kappa shape index (κ1) is 14.6. The molecule has 0 saturated heterocycles. The third-order valence-electron chi connectivity index (χ3n) is 2.85. The lowest BCUT2D eigenvalue weighted by Crippen LogP contribution is -2.29. The Morgan fingerprint density at radius 2 is 1.57 bits per heavy atom. The second-order valence-corrected chi connectivity index (χ2v) is 4.42. The number of anilines is 2. The Kier molecular flexibility index (Phi) is 4.93. The summed E-state index contributed by atoms with van der Waals surface area (Å²) in [7, 11) is 0. The molecule has 0 unspecified atom stereocenters. The van der Waals surface area contributed by atoms with Gasteiger partial charge in [-0.05, 0) is 36.4 Å². The molecule has 0 atom stereocenters. The first-order valence-corrected chi connectivity index (χ1v) is 6.70. The molecule has 0 radical (unpaired) electrons. The van der Waals surface area contributed by atoms with Crippen LogP contribution in [0.2, 0.25) is 0 Å². The molecule has 0 heterocycles. The summed E-state index contributed by atoms with van der Waals surface area (Å²) in [5, 5.41) is 2.73. The fourth-order valence-electron chi connectivity index (χ4n) is 1.68. The first-order chi connectivity index (χ1) is 10.2. The van der Waals surface area contributed by atoms with Crippen LogP contribution in [-0.2, 0) is 4.79 Å². The van der Waals surface area contributed by atoms with Gasteiger partial charge >= 0.3 is 0 Å². The quantitative estimate of drug-likeness (QED) is 0.739. The Balaban J connectivity index is 1.92. The number of rotatable bonds is 5. The Hall–Kier alpha value is -2.82. The average molecular weight is 283 g/mol. The number of para-hydroxylation sites is 1. The normalized spacial score (nSPS) is 9.76. The number of amides is 2. The summed E-state index contributed by atoms with van der Waals surface area (Å²) in [5.74, 6) is -0.301. The molecule has 2 aromatic carbocycles. The Morgan fingerprint density at radius 3 is 2.19 bits per heavy atom. The average Bonchev–Trinajstić information content (AvgIpc) is 2.54. The topological polar surface area (TPSA) is 70.2 Å². The van der Waals surface area contributed by atoms with Crippen LogP contribution in [0, 0.1) is 0 Å². The van der Waals surface area contributed by atoms with Crippen molar-refractivity contribution in [2.45, 2.75) is 13.3 Å². The molecule has 0 fully saturated rings. The van der Waals surface area contributed by atoms with Crippen LogP contribution in [0.15, 0.2) is 54.6 Å². The first-order valence-electron chi connectivity index (χ1n) is 6.70. The molecule has 2 rings (SSSR count). The van der Waals surface area contributed by atoms with Gasteiger partial charge < -0.3 is 5.32 Å². The molecule has 2 amide bonds. The second-order valence-electron chi connectivity index (χ2n) is 4.42. The van der Waals surface area contributed by atoms with Crippen LogP contribution in [0.4, 0.5) is 11.4 Å². The second kappa shape index (κ2) is 7.09. The number of carbonyl (C=O) groups is 2. The van der Waals surface area contributed by atoms with Crippen LogP contribution < -0.4 is 16.2 Å². The maximum Gasteiger partial charge on any atom is 0.269 e. The van der Waals surface area contributed by atoms with Gasteiger partial charge in [0.25, 0.3) is 5.91 Å². The molecular weight excluding hydrogens is 266 g/mol. The molecule has 0 spiro atoms. The summed E-state index contributed by atoms with van der Waals surface area (Å²) in [4.78, 5) is 23.2. The van der Waals surface area contributed by atoms with Crippen LogP contribution in [0.5, 0.6) is 0 Å². The van der Waals surface area contributed by atoms with Crippen LogP contribution in [0.25, 0.3) is 0 Å². The summed E-state index contributed by atoms with van der Waals surface area (Å²) in [6, 6.07) is 16.1. The molecule has 5 heteroatoms. The van der Waals surface area contributed by atoms with E-state index >= 15 is 0 Å². The predicted octanol–water partition coefficient (Wildman–Crippen LogP) is 2.79. The van der Waals surface area contributed by atoms with Gasteiger partial charge in [-0.3, -0.25) is 20.4 Å². The van der Waals surface area contributed by atoms with Crippen LogP contribution in [0.3, 0.4) is 0 Å². The lowest BCUT2D eigenvalue weighted by Gasteiger charge is -2.09. The summed E-state index contributed by atoms with van der Waals surface area (Å²) in [6.45, 7) is 1.78. The lowest BCUT2D eigenvalue weighted by atomic mass is 10.2. The summed E-state index contributed by atoms with van der Waals surface area (Å²) in [5.41, 5.74) is 7.43. The Bertz CT molecular complexity index is 609. The maximum atomic E-state index is 11.9. The molecule has 108 valence electrons. The van der Waals surface area contributed by atoms with Gasteiger partial charge in [-0.15, -0.1) is 0 Å². The summed E-state index contributed by atoms with van der Waals surface area (Å²) < 4.78 is 0. The van der Waals surface area contributed by atoms with Gasteiger partial charge in [0.15, 0.2) is 0 Å². The number of hydrogen-bond acceptors (Lipinski definition) is 3. The van der Waals surface area contributed by atoms with E-state index < -0.39 is 0 Å². The largest absolute Gasteiger partial charge is 0.326 e. The number of nitrogens with one attached hydrogen (secondary N) is 3. The van der Waals surface area contributed by atoms with E-state index in [1.165, 1.54) is 0 Å². The zero-order valence-electron chi connectivity index (χ0n) is 11.7. The number of hydrazine groups is 1. The molecule has 0 aliphatic rings. The van der Waals surface area contributed by atoms with Crippen molar-refractivity contribution in [2.24, 2.45) is 0 Å². The minimum Gasteiger partial charge on any atom is -0.326 e. The van der Waals surface area contributed by atoms with Crippen molar-refractivity contribution in [1.82, 2.24) is 5.43 Å². The van der Waals surface area contributed by atoms with Crippen molar-refractivity contribution in [3.8, 4) is 0 Å². The molecule has 0 aliphatic heterocycles. The Morgan fingerprint density at radius 1 is 0.905 bits per heavy atom. The van der Waals surface area contributed by atoms with Gasteiger partial charge in [0.05, 0.1) is 5.69 Å². The highest BCUT2D eigenvalue weighted by atomic mass is 16.2. The van der Waals surface area contributed by atoms with Crippen molar-refractivity contribution < 1.29 is 9.59 Å². The minimum absolute atomic E-state index is 0.0575. The van der Waals surface area contributed by atoms with E-state index in [-0.39, 0.29) is 11.8 Å². The number of carbonyl (C=O) groups excluding carboxylic acids is 2. The van der Waals surface area contributed by atoms with Crippen molar-refractivity contribution in [3.05, 3.63) is 60.2 Å². The number of hydrogen-bond donors (Lipinski definition) is 3. The van der Waals surface area contributed by atoms with Gasteiger partial charge in [-0.1, -0.05) is 25.1 Å². The third-order valence-corrected chi connectivity index (χ3v) is 2.85. The zero-order valence-corrected chi connectivity index (χ0v) is 11.7. The van der Waals surface area contributed by atoms with E-state index in [1.807, 2.05) is 30.3 Å². The molecule has 5 nitrogen and oxygen atoms in total. The highest BCUT2D eigenvalue weighted by Crippen LogP contribution is 2.10. The SMILES string of the molecule is CCC(=O)Nc1ccc(C(=O)NNc2ccccc2)cc1. The fourth-order valence-corrected chi connectivity index (χ4v) is 1.68. The molecule has 0 bridgehead atoms. The molecule has 2 aromatic rings. The predicted molar refractivity (Wildman–Crippen MR) is 82.9 cm³/mol. The van der Waals surface area contributed by atoms with Crippen molar-refractivity contribution in [3.63, 3.8) is 0 Å². The molecule has 0 aromatic heterocycles. The van der Waals surface area contributed by atoms with Gasteiger partial charge in [-0.2, -0.15) is 0 Å². The molecule has 0 saturated carbocycles. The van der Waals surface area contributed by atoms with E-state index in [2.05, 4.69) is 16.2 Å². The lowest BCUT2D eigenvalue weighted by molar-refractivity contribution is -0.115. The van der Waals surface area contributed by atoms with Gasteiger partial charge in [0, 0.05) is 17.7 Å². The van der Waals surface area contributed by atoms with E-state index in [0.717, 1.165) is 5.69 Å². The standard InChI is InChI=1S/C16H17N3O2/c1-2-15(20)17-13-10-8-12(9-11-13)16(21)19-18-14-6-4-3-5-7-14/h3-11,18H,2H2,1H3,(H,17,20)(H,19,21). The van der Waals surface area contributed by atoms with Gasteiger partial charge in [0.2, 0.25) is 5.91 Å². The van der Waals surface area contributed by atoms with E-state index in [0.29, 0.717) is 17.7 Å². The highest BCUT2D eigenvalue weighted by Gasteiger charge is 2.05. The fraction of sp³-hybridized carbons (Fsp3) is 0.125. The zero-order chi connectivity index (χ0) is 15.1. The monoisotopic (exact) mass is 283 g/mol. The van der Waals surface area contributed by atoms with E-state index in [1.54, 1.807) is 31.2 Å². The highest BCUT2D eigenvalue weighted by molar-refractivity contribution is 5.96. The summed E-state index contributed by atoms with van der Waals surface area (Å²) >= 11 is 0. The number of benzene rings is 2. The maximum absolute atomic E-state index is 11.9. The third kappa shape index (κ3) is 4.35. The van der Waals surface area contributed by atoms with Gasteiger partial charge in [0.1, 0.15) is 0 Å².